The second kappa shape index (κ2) is 13.0. The number of ether oxygens (including phenoxy) is 1. The number of aromatic nitrogens is 2. The predicted molar refractivity (Wildman–Crippen MR) is 140 cm³/mol. The molecule has 4 aromatic rings. The van der Waals surface area contributed by atoms with Crippen LogP contribution < -0.4 is 10.1 Å². The van der Waals surface area contributed by atoms with Gasteiger partial charge in [0.25, 0.3) is 0 Å². The molecule has 1 N–H and O–H groups in total. The summed E-state index contributed by atoms with van der Waals surface area (Å²) < 4.78 is 48.3. The molecular formula is C28H24F3N3O3S. The minimum Gasteiger partial charge on any atom is -0.491 e. The third-order valence-corrected chi connectivity index (χ3v) is 6.41. The number of hydrogen-bond donors (Lipinski definition) is 1. The lowest BCUT2D eigenvalue weighted by molar-refractivity contribution is -0.159. The summed E-state index contributed by atoms with van der Waals surface area (Å²) in [5, 5.41) is 6.37. The Morgan fingerprint density at radius 1 is 1.00 bits per heavy atom. The van der Waals surface area contributed by atoms with Crippen molar-refractivity contribution < 1.29 is 27.2 Å². The molecule has 0 radical (unpaired) electrons. The van der Waals surface area contributed by atoms with Crippen LogP contribution in [0, 0.1) is 0 Å². The Hall–Kier alpha value is -4.05. The highest BCUT2D eigenvalue weighted by atomic mass is 32.2. The van der Waals surface area contributed by atoms with E-state index >= 15 is 0 Å². The highest BCUT2D eigenvalue weighted by Crippen LogP contribution is 2.29. The van der Waals surface area contributed by atoms with Gasteiger partial charge in [0.1, 0.15) is 12.4 Å². The minimum absolute atomic E-state index is 0.170. The third kappa shape index (κ3) is 8.24. The molecule has 196 valence electrons. The van der Waals surface area contributed by atoms with Crippen molar-refractivity contribution in [1.29, 1.82) is 0 Å². The third-order valence-electron chi connectivity index (χ3n) is 5.24. The highest BCUT2D eigenvalue weighted by molar-refractivity contribution is 7.98. The van der Waals surface area contributed by atoms with Crippen LogP contribution in [0.2, 0.25) is 0 Å². The number of thioether (sulfide) groups is 1. The lowest BCUT2D eigenvalue weighted by atomic mass is 10.2. The molecule has 0 bridgehead atoms. The van der Waals surface area contributed by atoms with Crippen LogP contribution in [0.5, 0.6) is 5.75 Å². The molecule has 0 unspecified atom stereocenters. The van der Waals surface area contributed by atoms with Crippen molar-refractivity contribution in [1.82, 2.24) is 15.5 Å². The van der Waals surface area contributed by atoms with Gasteiger partial charge in [-0.05, 0) is 41.5 Å². The Kier molecular flexibility index (Phi) is 9.21. The van der Waals surface area contributed by atoms with E-state index in [1.54, 1.807) is 42.1 Å². The van der Waals surface area contributed by atoms with Gasteiger partial charge >= 0.3 is 12.1 Å². The van der Waals surface area contributed by atoms with Crippen molar-refractivity contribution in [3.8, 4) is 17.1 Å². The summed E-state index contributed by atoms with van der Waals surface area (Å²) >= 11 is 1.67. The first-order valence-corrected chi connectivity index (χ1v) is 12.8. The summed E-state index contributed by atoms with van der Waals surface area (Å²) in [5.41, 5.74) is 2.45. The zero-order valence-electron chi connectivity index (χ0n) is 20.1. The monoisotopic (exact) mass is 539 g/mol. The molecule has 10 heteroatoms. The predicted octanol–water partition coefficient (Wildman–Crippen LogP) is 6.27. The molecule has 4 rings (SSSR count). The van der Waals surface area contributed by atoms with Crippen molar-refractivity contribution in [2.75, 3.05) is 12.4 Å². The van der Waals surface area contributed by atoms with Gasteiger partial charge in [0.15, 0.2) is 0 Å². The van der Waals surface area contributed by atoms with Crippen LogP contribution in [0.4, 0.5) is 13.2 Å². The maximum atomic E-state index is 12.7. The molecule has 0 spiro atoms. The Bertz CT molecular complexity index is 1330. The first-order chi connectivity index (χ1) is 18.4. The normalized spacial score (nSPS) is 12.4. The summed E-state index contributed by atoms with van der Waals surface area (Å²) in [6.45, 7) is 0.201. The van der Waals surface area contributed by atoms with E-state index in [0.717, 1.165) is 11.3 Å². The van der Waals surface area contributed by atoms with Crippen molar-refractivity contribution in [3.05, 3.63) is 108 Å². The summed E-state index contributed by atoms with van der Waals surface area (Å²) in [5.74, 6) is 0.0706. The molecule has 1 atom stereocenters. The van der Waals surface area contributed by atoms with E-state index < -0.39 is 12.1 Å². The van der Waals surface area contributed by atoms with E-state index in [-0.39, 0.29) is 24.4 Å². The molecule has 1 heterocycles. The van der Waals surface area contributed by atoms with E-state index in [0.29, 0.717) is 17.1 Å². The molecule has 0 aliphatic rings. The quantitative estimate of drug-likeness (QED) is 0.227. The van der Waals surface area contributed by atoms with Crippen LogP contribution in [0.1, 0.15) is 17.0 Å². The van der Waals surface area contributed by atoms with Gasteiger partial charge in [0.2, 0.25) is 11.7 Å². The van der Waals surface area contributed by atoms with Crippen LogP contribution in [-0.4, -0.2) is 34.4 Å². The molecule has 0 aliphatic carbocycles. The van der Waals surface area contributed by atoms with Gasteiger partial charge in [-0.25, -0.2) is 0 Å². The number of nitrogens with one attached hydrogen (secondary N) is 1. The SMILES string of the molecule is O=C(/C=C/c1ccccc1)N[C@H](COc1ccc(-c2noc(C(F)(F)F)n2)cc1)CSCc1ccccc1. The molecule has 0 fully saturated rings. The van der Waals surface area contributed by atoms with Crippen LogP contribution in [-0.2, 0) is 16.7 Å². The van der Waals surface area contributed by atoms with Gasteiger partial charge < -0.3 is 14.6 Å². The molecule has 6 nitrogen and oxygen atoms in total. The fourth-order valence-electron chi connectivity index (χ4n) is 3.36. The molecule has 0 saturated heterocycles. The number of nitrogens with zero attached hydrogens (tertiary/aromatic N) is 2. The Morgan fingerprint density at radius 3 is 2.34 bits per heavy atom. The second-order valence-electron chi connectivity index (χ2n) is 8.21. The summed E-state index contributed by atoms with van der Waals surface area (Å²) in [7, 11) is 0. The number of halogens is 3. The first-order valence-electron chi connectivity index (χ1n) is 11.7. The number of hydrogen-bond acceptors (Lipinski definition) is 6. The average Bonchev–Trinajstić information content (AvgIpc) is 3.43. The van der Waals surface area contributed by atoms with Crippen LogP contribution in [0.3, 0.4) is 0 Å². The zero-order chi connectivity index (χ0) is 26.8. The lowest BCUT2D eigenvalue weighted by Gasteiger charge is -2.18. The van der Waals surface area contributed by atoms with Crippen molar-refractivity contribution >= 4 is 23.7 Å². The first kappa shape index (κ1) is 27.0. The van der Waals surface area contributed by atoms with E-state index in [1.165, 1.54) is 11.6 Å². The number of rotatable bonds is 11. The number of carbonyl (C=O) groups excluding carboxylic acids is 1. The van der Waals surface area contributed by atoms with Gasteiger partial charge in [-0.1, -0.05) is 65.8 Å². The Morgan fingerprint density at radius 2 is 1.68 bits per heavy atom. The molecule has 1 amide bonds. The van der Waals surface area contributed by atoms with Gasteiger partial charge in [0.05, 0.1) is 6.04 Å². The maximum Gasteiger partial charge on any atom is 0.471 e. The van der Waals surface area contributed by atoms with E-state index in [9.17, 15) is 18.0 Å². The molecule has 1 aromatic heterocycles. The molecular weight excluding hydrogens is 515 g/mol. The van der Waals surface area contributed by atoms with Gasteiger partial charge in [0, 0.05) is 23.1 Å². The van der Waals surface area contributed by atoms with Crippen LogP contribution in [0.25, 0.3) is 17.5 Å². The Balaban J connectivity index is 1.36. The standard InChI is InChI=1S/C28H24F3N3O3S/c29-28(30,31)27-33-26(34-37-27)22-12-14-24(15-13-22)36-17-23(19-38-18-21-9-5-2-6-10-21)32-25(35)16-11-20-7-3-1-4-8-20/h1-16,23H,17-19H2,(H,32,35)/b16-11+/t23-/m1/s1. The largest absolute Gasteiger partial charge is 0.491 e. The number of alkyl halides is 3. The Labute approximate surface area is 221 Å². The zero-order valence-corrected chi connectivity index (χ0v) is 20.9. The average molecular weight is 540 g/mol. The number of amides is 1. The highest BCUT2D eigenvalue weighted by Gasteiger charge is 2.38. The van der Waals surface area contributed by atoms with Crippen molar-refractivity contribution in [3.63, 3.8) is 0 Å². The topological polar surface area (TPSA) is 77.2 Å². The van der Waals surface area contributed by atoms with E-state index in [4.69, 9.17) is 4.74 Å². The van der Waals surface area contributed by atoms with Crippen molar-refractivity contribution in [2.45, 2.75) is 18.0 Å². The fourth-order valence-corrected chi connectivity index (χ4v) is 4.37. The summed E-state index contributed by atoms with van der Waals surface area (Å²) in [4.78, 5) is 16.0. The van der Waals surface area contributed by atoms with E-state index in [2.05, 4.69) is 20.0 Å². The summed E-state index contributed by atoms with van der Waals surface area (Å²) in [6.07, 6.45) is -1.48. The molecule has 38 heavy (non-hydrogen) atoms. The maximum absolute atomic E-state index is 12.7. The smallest absolute Gasteiger partial charge is 0.471 e. The van der Waals surface area contributed by atoms with Gasteiger partial charge in [-0.15, -0.1) is 0 Å². The van der Waals surface area contributed by atoms with Crippen LogP contribution >= 0.6 is 11.8 Å². The van der Waals surface area contributed by atoms with Crippen molar-refractivity contribution in [2.24, 2.45) is 0 Å². The van der Waals surface area contributed by atoms with Crippen LogP contribution in [0.15, 0.2) is 95.5 Å². The van der Waals surface area contributed by atoms with E-state index in [1.807, 2.05) is 60.7 Å². The fraction of sp³-hybridized carbons (Fsp3) is 0.179. The van der Waals surface area contributed by atoms with Gasteiger partial charge in [-0.2, -0.15) is 29.9 Å². The number of carbonyl (C=O) groups is 1. The molecule has 3 aromatic carbocycles. The lowest BCUT2D eigenvalue weighted by Crippen LogP contribution is -2.40. The number of benzene rings is 3. The molecule has 0 saturated carbocycles. The molecule has 0 aliphatic heterocycles. The summed E-state index contributed by atoms with van der Waals surface area (Å²) in [6, 6.07) is 25.5. The van der Waals surface area contributed by atoms with Gasteiger partial charge in [-0.3, -0.25) is 4.79 Å². The minimum atomic E-state index is -4.71. The second-order valence-corrected chi connectivity index (χ2v) is 9.24.